The van der Waals surface area contributed by atoms with E-state index in [9.17, 15) is 9.59 Å². The minimum absolute atomic E-state index is 0.0146. The summed E-state index contributed by atoms with van der Waals surface area (Å²) in [5, 5.41) is 3.34. The molecule has 20 heavy (non-hydrogen) atoms. The van der Waals surface area contributed by atoms with Crippen molar-refractivity contribution in [1.82, 2.24) is 5.32 Å². The van der Waals surface area contributed by atoms with Crippen LogP contribution in [-0.2, 0) is 9.59 Å². The van der Waals surface area contributed by atoms with Gasteiger partial charge in [-0.3, -0.25) is 14.6 Å². The zero-order chi connectivity index (χ0) is 14.3. The van der Waals surface area contributed by atoms with Gasteiger partial charge >= 0.3 is 0 Å². The number of carbonyl (C=O) groups excluding carboxylic acids is 2. The largest absolute Gasteiger partial charge is 0.372 e. The van der Waals surface area contributed by atoms with Gasteiger partial charge in [-0.15, -0.1) is 0 Å². The molecule has 3 aliphatic rings. The highest BCUT2D eigenvalue weighted by Crippen LogP contribution is 2.23. The van der Waals surface area contributed by atoms with Crippen LogP contribution in [-0.4, -0.2) is 23.3 Å². The molecule has 0 aromatic heterocycles. The number of hydrogen-bond acceptors (Lipinski definition) is 4. The zero-order valence-electron chi connectivity index (χ0n) is 11.3. The average Bonchev–Trinajstić information content (AvgIpc) is 2.43. The highest BCUT2D eigenvalue weighted by atomic mass is 16.2. The number of rotatable bonds is 1. The Morgan fingerprint density at radius 2 is 1.85 bits per heavy atom. The predicted molar refractivity (Wildman–Crippen MR) is 77.2 cm³/mol. The fourth-order valence-corrected chi connectivity index (χ4v) is 2.30. The molecule has 0 saturated carbocycles. The van der Waals surface area contributed by atoms with E-state index in [2.05, 4.69) is 36.3 Å². The summed E-state index contributed by atoms with van der Waals surface area (Å²) < 4.78 is 0. The number of carbonyl (C=O) groups is 2. The van der Waals surface area contributed by atoms with Crippen LogP contribution >= 0.6 is 0 Å². The third kappa shape index (κ3) is 2.09. The van der Waals surface area contributed by atoms with Crippen LogP contribution in [0.2, 0.25) is 0 Å². The molecule has 0 radical (unpaired) electrons. The summed E-state index contributed by atoms with van der Waals surface area (Å²) in [5.74, 6) is -0.979. The molecule has 4 heteroatoms. The van der Waals surface area contributed by atoms with Gasteiger partial charge < -0.3 is 5.32 Å². The first-order valence-electron chi connectivity index (χ1n) is 6.44. The van der Waals surface area contributed by atoms with Gasteiger partial charge in [-0.2, -0.15) is 0 Å². The standard InChI is InChI=1S/C16H14N2O2/c1-9-5-12-13(6-10(9)2)18-14(8-17-12)11-3-4-15(19)16(20)7-11/h3-8,13,18H,1-2H3. The molecule has 0 spiro atoms. The maximum Gasteiger partial charge on any atom is 0.226 e. The van der Waals surface area contributed by atoms with Crippen LogP contribution in [0.1, 0.15) is 13.8 Å². The Kier molecular flexibility index (Phi) is 2.86. The van der Waals surface area contributed by atoms with E-state index in [0.717, 1.165) is 11.4 Å². The number of ketones is 2. The van der Waals surface area contributed by atoms with Crippen molar-refractivity contribution in [3.63, 3.8) is 0 Å². The van der Waals surface area contributed by atoms with Crippen LogP contribution in [0, 0.1) is 0 Å². The Bertz CT molecular complexity index is 700. The average molecular weight is 266 g/mol. The van der Waals surface area contributed by atoms with Gasteiger partial charge in [0.15, 0.2) is 0 Å². The van der Waals surface area contributed by atoms with E-state index in [-0.39, 0.29) is 6.04 Å². The summed E-state index contributed by atoms with van der Waals surface area (Å²) in [6.45, 7) is 4.12. The zero-order valence-corrected chi connectivity index (χ0v) is 11.3. The summed E-state index contributed by atoms with van der Waals surface area (Å²) >= 11 is 0. The Hall–Kier alpha value is -2.49. The van der Waals surface area contributed by atoms with Crippen molar-refractivity contribution in [2.45, 2.75) is 19.9 Å². The number of aliphatic imine (C=N–C) groups is 1. The number of nitrogens with zero attached hydrogens (tertiary/aromatic N) is 1. The topological polar surface area (TPSA) is 58.5 Å². The van der Waals surface area contributed by atoms with Crippen molar-refractivity contribution < 1.29 is 9.59 Å². The van der Waals surface area contributed by atoms with E-state index in [1.165, 1.54) is 23.3 Å². The number of nitrogens with one attached hydrogen (secondary N) is 1. The van der Waals surface area contributed by atoms with Crippen LogP contribution < -0.4 is 5.32 Å². The second kappa shape index (κ2) is 4.56. The summed E-state index contributed by atoms with van der Waals surface area (Å²) in [5.41, 5.74) is 4.82. The number of fused-ring (bicyclic) bond motifs is 1. The molecule has 3 rings (SSSR count). The second-order valence-electron chi connectivity index (χ2n) is 5.06. The highest BCUT2D eigenvalue weighted by Gasteiger charge is 2.23. The van der Waals surface area contributed by atoms with Crippen molar-refractivity contribution in [2.24, 2.45) is 4.99 Å². The molecule has 2 aliphatic carbocycles. The van der Waals surface area contributed by atoms with Gasteiger partial charge in [0.25, 0.3) is 0 Å². The molecular formula is C16H14N2O2. The Morgan fingerprint density at radius 1 is 1.05 bits per heavy atom. The molecule has 1 unspecified atom stereocenters. The van der Waals surface area contributed by atoms with Gasteiger partial charge in [-0.1, -0.05) is 6.08 Å². The number of allylic oxidation sites excluding steroid dienone is 5. The maximum absolute atomic E-state index is 11.4. The monoisotopic (exact) mass is 266 g/mol. The molecule has 0 aromatic rings. The molecule has 1 aliphatic heterocycles. The van der Waals surface area contributed by atoms with Crippen LogP contribution in [0.4, 0.5) is 0 Å². The first kappa shape index (κ1) is 12.5. The van der Waals surface area contributed by atoms with Gasteiger partial charge in [0, 0.05) is 5.57 Å². The predicted octanol–water partition coefficient (Wildman–Crippen LogP) is 1.78. The molecule has 4 nitrogen and oxygen atoms in total. The van der Waals surface area contributed by atoms with Crippen molar-refractivity contribution in [2.75, 3.05) is 0 Å². The normalized spacial score (nSPS) is 24.9. The van der Waals surface area contributed by atoms with E-state index in [0.29, 0.717) is 5.57 Å². The van der Waals surface area contributed by atoms with Crippen LogP contribution in [0.25, 0.3) is 0 Å². The molecule has 0 bridgehead atoms. The Labute approximate surface area is 117 Å². The molecule has 1 N–H and O–H groups in total. The van der Waals surface area contributed by atoms with Gasteiger partial charge in [-0.25, -0.2) is 0 Å². The Balaban J connectivity index is 1.93. The lowest BCUT2D eigenvalue weighted by atomic mass is 9.93. The van der Waals surface area contributed by atoms with Crippen LogP contribution in [0.5, 0.6) is 0 Å². The number of hydrogen-bond donors (Lipinski definition) is 1. The summed E-state index contributed by atoms with van der Waals surface area (Å²) in [4.78, 5) is 27.0. The lowest BCUT2D eigenvalue weighted by Crippen LogP contribution is -2.38. The van der Waals surface area contributed by atoms with Crippen molar-refractivity contribution in [1.29, 1.82) is 0 Å². The van der Waals surface area contributed by atoms with Gasteiger partial charge in [0.05, 0.1) is 23.7 Å². The van der Waals surface area contributed by atoms with Crippen molar-refractivity contribution >= 4 is 17.3 Å². The second-order valence-corrected chi connectivity index (χ2v) is 5.06. The molecule has 0 amide bonds. The highest BCUT2D eigenvalue weighted by molar-refractivity contribution is 6.46. The molecule has 100 valence electrons. The third-order valence-electron chi connectivity index (χ3n) is 3.63. The summed E-state index contributed by atoms with van der Waals surface area (Å²) in [7, 11) is 0. The van der Waals surface area contributed by atoms with Crippen LogP contribution in [0.15, 0.2) is 64.0 Å². The van der Waals surface area contributed by atoms with E-state index in [1.54, 1.807) is 12.3 Å². The van der Waals surface area contributed by atoms with E-state index in [1.807, 2.05) is 0 Å². The minimum atomic E-state index is -0.494. The smallest absolute Gasteiger partial charge is 0.226 e. The van der Waals surface area contributed by atoms with E-state index >= 15 is 0 Å². The van der Waals surface area contributed by atoms with Gasteiger partial charge in [0.2, 0.25) is 11.6 Å². The molecular weight excluding hydrogens is 252 g/mol. The molecule has 0 aromatic carbocycles. The fraction of sp³-hybridized carbons (Fsp3) is 0.188. The first-order valence-corrected chi connectivity index (χ1v) is 6.44. The SMILES string of the molecule is CC1=CC2=NC=C(C3=CC(=O)C(=O)C=C3)NC2C=C1C. The molecule has 1 heterocycles. The molecule has 0 saturated heterocycles. The van der Waals surface area contributed by atoms with Crippen LogP contribution in [0.3, 0.4) is 0 Å². The fourth-order valence-electron chi connectivity index (χ4n) is 2.30. The quantitative estimate of drug-likeness (QED) is 0.581. The van der Waals surface area contributed by atoms with Gasteiger partial charge in [-0.05, 0) is 49.3 Å². The van der Waals surface area contributed by atoms with E-state index < -0.39 is 11.6 Å². The lowest BCUT2D eigenvalue weighted by molar-refractivity contribution is -0.131. The maximum atomic E-state index is 11.4. The first-order chi connectivity index (χ1) is 9.54. The van der Waals surface area contributed by atoms with E-state index in [4.69, 9.17) is 0 Å². The lowest BCUT2D eigenvalue weighted by Gasteiger charge is -2.27. The molecule has 0 fully saturated rings. The summed E-state index contributed by atoms with van der Waals surface area (Å²) in [6.07, 6.45) is 10.2. The van der Waals surface area contributed by atoms with Gasteiger partial charge in [0.1, 0.15) is 0 Å². The minimum Gasteiger partial charge on any atom is -0.372 e. The van der Waals surface area contributed by atoms with Crippen molar-refractivity contribution in [3.8, 4) is 0 Å². The Morgan fingerprint density at radius 3 is 2.60 bits per heavy atom. The molecule has 1 atom stereocenters. The summed E-state index contributed by atoms with van der Waals surface area (Å²) in [6, 6.07) is 0.0146. The van der Waals surface area contributed by atoms with Crippen molar-refractivity contribution in [3.05, 3.63) is 59.0 Å². The third-order valence-corrected chi connectivity index (χ3v) is 3.63.